The lowest BCUT2D eigenvalue weighted by Gasteiger charge is -2.12. The number of esters is 1. The smallest absolute Gasteiger partial charge is 0.338 e. The molecule has 5 nitrogen and oxygen atoms in total. The minimum Gasteiger partial charge on any atom is -0.462 e. The second kappa shape index (κ2) is 8.68. The van der Waals surface area contributed by atoms with E-state index >= 15 is 0 Å². The highest BCUT2D eigenvalue weighted by Gasteiger charge is 2.16. The SMILES string of the molecule is CCOC(=O)c1ccc(NC(=O)C(C)Sc2ccc3ccccc3n2)cc1. The highest BCUT2D eigenvalue weighted by Crippen LogP contribution is 2.25. The third kappa shape index (κ3) is 4.86. The van der Waals surface area contributed by atoms with Crippen LogP contribution in [0.5, 0.6) is 0 Å². The van der Waals surface area contributed by atoms with Crippen molar-refractivity contribution in [1.29, 1.82) is 0 Å². The Kier molecular flexibility index (Phi) is 6.08. The van der Waals surface area contributed by atoms with Crippen LogP contribution in [0.3, 0.4) is 0 Å². The Hall–Kier alpha value is -2.86. The lowest BCUT2D eigenvalue weighted by Crippen LogP contribution is -2.22. The van der Waals surface area contributed by atoms with Gasteiger partial charge in [0, 0.05) is 11.1 Å². The molecule has 3 rings (SSSR count). The predicted molar refractivity (Wildman–Crippen MR) is 108 cm³/mol. The van der Waals surface area contributed by atoms with Crippen LogP contribution in [0.2, 0.25) is 0 Å². The maximum absolute atomic E-state index is 12.5. The number of anilines is 1. The molecule has 1 amide bonds. The predicted octanol–water partition coefficient (Wildman–Crippen LogP) is 4.53. The van der Waals surface area contributed by atoms with E-state index in [0.717, 1.165) is 15.9 Å². The lowest BCUT2D eigenvalue weighted by molar-refractivity contribution is -0.115. The van der Waals surface area contributed by atoms with Crippen LogP contribution in [0.1, 0.15) is 24.2 Å². The van der Waals surface area contributed by atoms with Gasteiger partial charge in [0.25, 0.3) is 0 Å². The Balaban J connectivity index is 1.62. The lowest BCUT2D eigenvalue weighted by atomic mass is 10.2. The van der Waals surface area contributed by atoms with Gasteiger partial charge in [-0.2, -0.15) is 0 Å². The van der Waals surface area contributed by atoms with Crippen molar-refractivity contribution in [2.75, 3.05) is 11.9 Å². The first kappa shape index (κ1) is 18.9. The first-order valence-electron chi connectivity index (χ1n) is 8.67. The number of nitrogens with zero attached hydrogens (tertiary/aromatic N) is 1. The van der Waals surface area contributed by atoms with Gasteiger partial charge in [-0.25, -0.2) is 9.78 Å². The summed E-state index contributed by atoms with van der Waals surface area (Å²) in [5.41, 5.74) is 1.99. The van der Waals surface area contributed by atoms with Crippen molar-refractivity contribution in [2.24, 2.45) is 0 Å². The molecule has 0 bridgehead atoms. The summed E-state index contributed by atoms with van der Waals surface area (Å²) in [6.07, 6.45) is 0. The van der Waals surface area contributed by atoms with Gasteiger partial charge in [-0.05, 0) is 50.2 Å². The summed E-state index contributed by atoms with van der Waals surface area (Å²) in [5.74, 6) is -0.500. The highest BCUT2D eigenvalue weighted by atomic mass is 32.2. The monoisotopic (exact) mass is 380 g/mol. The molecule has 27 heavy (non-hydrogen) atoms. The maximum atomic E-state index is 12.5. The molecule has 6 heteroatoms. The summed E-state index contributed by atoms with van der Waals surface area (Å²) in [7, 11) is 0. The Labute approximate surface area is 162 Å². The summed E-state index contributed by atoms with van der Waals surface area (Å²) in [6.45, 7) is 3.93. The second-order valence-corrected chi connectivity index (χ2v) is 7.25. The molecule has 138 valence electrons. The number of para-hydroxylation sites is 1. The third-order valence-corrected chi connectivity index (χ3v) is 4.94. The maximum Gasteiger partial charge on any atom is 0.338 e. The minimum atomic E-state index is -0.373. The van der Waals surface area contributed by atoms with Crippen LogP contribution < -0.4 is 5.32 Å². The molecule has 2 aromatic carbocycles. The number of carbonyl (C=O) groups excluding carboxylic acids is 2. The van der Waals surface area contributed by atoms with Crippen molar-refractivity contribution >= 4 is 40.2 Å². The summed E-state index contributed by atoms with van der Waals surface area (Å²) >= 11 is 1.40. The molecule has 0 radical (unpaired) electrons. The summed E-state index contributed by atoms with van der Waals surface area (Å²) in [5, 5.41) is 4.41. The summed E-state index contributed by atoms with van der Waals surface area (Å²) in [4.78, 5) is 28.7. The molecule has 1 unspecified atom stereocenters. The van der Waals surface area contributed by atoms with E-state index in [1.54, 1.807) is 31.2 Å². The average molecular weight is 380 g/mol. The minimum absolute atomic E-state index is 0.126. The molecule has 0 saturated carbocycles. The van der Waals surface area contributed by atoms with Gasteiger partial charge in [0.05, 0.1) is 28.0 Å². The van der Waals surface area contributed by atoms with Gasteiger partial charge >= 0.3 is 5.97 Å². The number of benzene rings is 2. The van der Waals surface area contributed by atoms with Crippen LogP contribution in [0.4, 0.5) is 5.69 Å². The number of hydrogen-bond acceptors (Lipinski definition) is 5. The largest absolute Gasteiger partial charge is 0.462 e. The highest BCUT2D eigenvalue weighted by molar-refractivity contribution is 8.00. The fraction of sp³-hybridized carbons (Fsp3) is 0.190. The molecule has 0 fully saturated rings. The number of fused-ring (bicyclic) bond motifs is 1. The van der Waals surface area contributed by atoms with Gasteiger partial charge in [0.1, 0.15) is 0 Å². The molecular weight excluding hydrogens is 360 g/mol. The molecule has 1 heterocycles. The van der Waals surface area contributed by atoms with Crippen molar-refractivity contribution in [3.8, 4) is 0 Å². The fourth-order valence-electron chi connectivity index (χ4n) is 2.50. The molecule has 1 N–H and O–H groups in total. The van der Waals surface area contributed by atoms with E-state index < -0.39 is 0 Å². The molecule has 1 aromatic heterocycles. The number of nitrogens with one attached hydrogen (secondary N) is 1. The average Bonchev–Trinajstić information content (AvgIpc) is 2.68. The summed E-state index contributed by atoms with van der Waals surface area (Å²) in [6, 6.07) is 18.5. The molecule has 0 aliphatic carbocycles. The van der Waals surface area contributed by atoms with E-state index in [2.05, 4.69) is 10.3 Å². The second-order valence-electron chi connectivity index (χ2n) is 5.89. The molecule has 0 aliphatic rings. The van der Waals surface area contributed by atoms with Crippen molar-refractivity contribution in [2.45, 2.75) is 24.1 Å². The van der Waals surface area contributed by atoms with Gasteiger partial charge < -0.3 is 10.1 Å². The number of ether oxygens (including phenoxy) is 1. The van der Waals surface area contributed by atoms with E-state index in [1.165, 1.54) is 11.8 Å². The van der Waals surface area contributed by atoms with Crippen LogP contribution >= 0.6 is 11.8 Å². The standard InChI is InChI=1S/C21H20N2O3S/c1-3-26-21(25)16-8-11-17(12-9-16)22-20(24)14(2)27-19-13-10-15-6-4-5-7-18(15)23-19/h4-14H,3H2,1-2H3,(H,22,24). The first-order chi connectivity index (χ1) is 13.1. The molecule has 0 aliphatic heterocycles. The normalized spacial score (nSPS) is 11.8. The van der Waals surface area contributed by atoms with Crippen LogP contribution in [0, 0.1) is 0 Å². The van der Waals surface area contributed by atoms with E-state index in [4.69, 9.17) is 4.74 Å². The Bertz CT molecular complexity index is 957. The van der Waals surface area contributed by atoms with Crippen molar-refractivity contribution in [1.82, 2.24) is 4.98 Å². The van der Waals surface area contributed by atoms with Gasteiger partial charge in [0.2, 0.25) is 5.91 Å². The van der Waals surface area contributed by atoms with E-state index in [-0.39, 0.29) is 17.1 Å². The third-order valence-electron chi connectivity index (χ3n) is 3.90. The Morgan fingerprint density at radius 3 is 2.56 bits per heavy atom. The topological polar surface area (TPSA) is 68.3 Å². The van der Waals surface area contributed by atoms with Crippen molar-refractivity contribution < 1.29 is 14.3 Å². The number of pyridine rings is 1. The molecule has 1 atom stereocenters. The zero-order valence-electron chi connectivity index (χ0n) is 15.1. The summed E-state index contributed by atoms with van der Waals surface area (Å²) < 4.78 is 4.95. The quantitative estimate of drug-likeness (QED) is 0.503. The van der Waals surface area contributed by atoms with Crippen LogP contribution in [0.25, 0.3) is 10.9 Å². The van der Waals surface area contributed by atoms with Crippen LogP contribution in [0.15, 0.2) is 65.7 Å². The zero-order valence-corrected chi connectivity index (χ0v) is 16.0. The van der Waals surface area contributed by atoms with Gasteiger partial charge in [-0.3, -0.25) is 4.79 Å². The number of carbonyl (C=O) groups is 2. The van der Waals surface area contributed by atoms with Crippen LogP contribution in [-0.2, 0) is 9.53 Å². The van der Waals surface area contributed by atoms with Gasteiger partial charge in [0.15, 0.2) is 0 Å². The molecule has 0 spiro atoms. The van der Waals surface area contributed by atoms with E-state index in [1.807, 2.05) is 43.3 Å². The fourth-order valence-corrected chi connectivity index (χ4v) is 3.32. The molecule has 3 aromatic rings. The zero-order chi connectivity index (χ0) is 19.2. The molecule has 0 saturated heterocycles. The van der Waals surface area contributed by atoms with Crippen molar-refractivity contribution in [3.63, 3.8) is 0 Å². The number of thioether (sulfide) groups is 1. The number of rotatable bonds is 6. The molecular formula is C21H20N2O3S. The van der Waals surface area contributed by atoms with E-state index in [0.29, 0.717) is 17.9 Å². The number of hydrogen-bond donors (Lipinski definition) is 1. The van der Waals surface area contributed by atoms with Gasteiger partial charge in [-0.1, -0.05) is 36.0 Å². The van der Waals surface area contributed by atoms with Crippen molar-refractivity contribution in [3.05, 3.63) is 66.2 Å². The first-order valence-corrected chi connectivity index (χ1v) is 9.55. The number of aromatic nitrogens is 1. The Morgan fingerprint density at radius 2 is 1.81 bits per heavy atom. The van der Waals surface area contributed by atoms with E-state index in [9.17, 15) is 9.59 Å². The van der Waals surface area contributed by atoms with Gasteiger partial charge in [-0.15, -0.1) is 0 Å². The Morgan fingerprint density at radius 1 is 1.07 bits per heavy atom. The number of amides is 1. The van der Waals surface area contributed by atoms with Crippen LogP contribution in [-0.4, -0.2) is 28.7 Å².